The second-order valence-corrected chi connectivity index (χ2v) is 7.99. The highest BCUT2D eigenvalue weighted by Crippen LogP contribution is 2.30. The zero-order chi connectivity index (χ0) is 22.5. The molecule has 3 aromatic heterocycles. The van der Waals surface area contributed by atoms with Gasteiger partial charge in [0.15, 0.2) is 0 Å². The van der Waals surface area contributed by atoms with E-state index < -0.39 is 11.7 Å². The first kappa shape index (κ1) is 25.8. The molecule has 10 heteroatoms. The van der Waals surface area contributed by atoms with Gasteiger partial charge in [0.1, 0.15) is 0 Å². The van der Waals surface area contributed by atoms with Crippen LogP contribution in [-0.2, 0) is 26.1 Å². The van der Waals surface area contributed by atoms with Gasteiger partial charge >= 0.3 is 6.18 Å². The van der Waals surface area contributed by atoms with Crippen molar-refractivity contribution in [2.45, 2.75) is 19.0 Å². The Balaban J connectivity index is 0.00000162. The SMILES string of the molecule is Cl.Cl.Cn1c2c(c3ccc(-n4ccc(-c5ccc(C(F)(F)F)cn5)cc4=O)cc31)CCNCC2. The molecule has 0 atom stereocenters. The van der Waals surface area contributed by atoms with E-state index in [9.17, 15) is 18.0 Å². The van der Waals surface area contributed by atoms with Gasteiger partial charge in [0.2, 0.25) is 0 Å². The molecule has 1 aliphatic heterocycles. The van der Waals surface area contributed by atoms with Crippen LogP contribution in [0.3, 0.4) is 0 Å². The van der Waals surface area contributed by atoms with Crippen LogP contribution in [0.15, 0.2) is 59.7 Å². The minimum atomic E-state index is -4.45. The first-order valence-corrected chi connectivity index (χ1v) is 10.4. The van der Waals surface area contributed by atoms with Gasteiger partial charge in [-0.05, 0) is 48.9 Å². The molecule has 1 aromatic carbocycles. The summed E-state index contributed by atoms with van der Waals surface area (Å²) < 4.78 is 42.0. The maximum absolute atomic E-state index is 12.8. The van der Waals surface area contributed by atoms with Crippen LogP contribution < -0.4 is 10.9 Å². The van der Waals surface area contributed by atoms with Crippen molar-refractivity contribution < 1.29 is 13.2 Å². The summed E-state index contributed by atoms with van der Waals surface area (Å²) in [6, 6.07) is 11.3. The molecule has 1 aliphatic rings. The van der Waals surface area contributed by atoms with E-state index in [0.717, 1.165) is 49.4 Å². The molecule has 34 heavy (non-hydrogen) atoms. The number of pyridine rings is 2. The number of rotatable bonds is 2. The lowest BCUT2D eigenvalue weighted by Gasteiger charge is -2.10. The van der Waals surface area contributed by atoms with Gasteiger partial charge in [-0.15, -0.1) is 24.8 Å². The van der Waals surface area contributed by atoms with E-state index in [-0.39, 0.29) is 30.4 Å². The second-order valence-electron chi connectivity index (χ2n) is 7.99. The van der Waals surface area contributed by atoms with Crippen LogP contribution >= 0.6 is 24.8 Å². The Hall–Kier alpha value is -2.81. The van der Waals surface area contributed by atoms with Gasteiger partial charge in [-0.3, -0.25) is 14.3 Å². The van der Waals surface area contributed by atoms with Crippen molar-refractivity contribution in [1.82, 2.24) is 19.4 Å². The second kappa shape index (κ2) is 9.82. The van der Waals surface area contributed by atoms with E-state index in [1.807, 2.05) is 12.1 Å². The molecule has 4 aromatic rings. The standard InChI is InChI=1S/C24H21F3N4O.2ClH/c1-30-21-7-10-28-9-6-19(21)18-4-3-17(13-22(18)30)31-11-8-15(12-23(31)32)20-5-2-16(14-29-20)24(25,26)27;;/h2-5,8,11-14,28H,6-7,9-10H2,1H3;2*1H. The maximum atomic E-state index is 12.8. The number of aromatic nitrogens is 3. The van der Waals surface area contributed by atoms with E-state index in [4.69, 9.17) is 0 Å². The fourth-order valence-electron chi connectivity index (χ4n) is 4.43. The molecule has 180 valence electrons. The van der Waals surface area contributed by atoms with Crippen LogP contribution in [0.4, 0.5) is 13.2 Å². The van der Waals surface area contributed by atoms with E-state index in [0.29, 0.717) is 11.3 Å². The summed E-state index contributed by atoms with van der Waals surface area (Å²) in [7, 11) is 2.05. The molecule has 0 saturated carbocycles. The quantitative estimate of drug-likeness (QED) is 0.415. The number of benzene rings is 1. The first-order chi connectivity index (χ1) is 15.3. The molecule has 0 aliphatic carbocycles. The third-order valence-electron chi connectivity index (χ3n) is 6.10. The van der Waals surface area contributed by atoms with Crippen molar-refractivity contribution in [3.05, 3.63) is 82.0 Å². The number of hydrogen-bond acceptors (Lipinski definition) is 3. The number of alkyl halides is 3. The summed E-state index contributed by atoms with van der Waals surface area (Å²) in [4.78, 5) is 16.7. The fraction of sp³-hybridized carbons (Fsp3) is 0.250. The summed E-state index contributed by atoms with van der Waals surface area (Å²) in [5, 5.41) is 4.63. The smallest absolute Gasteiger partial charge is 0.347 e. The van der Waals surface area contributed by atoms with E-state index in [1.54, 1.807) is 12.3 Å². The van der Waals surface area contributed by atoms with Gasteiger partial charge in [0.25, 0.3) is 5.56 Å². The van der Waals surface area contributed by atoms with Crippen molar-refractivity contribution in [2.24, 2.45) is 7.05 Å². The Morgan fingerprint density at radius 1 is 1.00 bits per heavy atom. The topological polar surface area (TPSA) is 51.9 Å². The highest BCUT2D eigenvalue weighted by molar-refractivity contribution is 5.87. The van der Waals surface area contributed by atoms with Crippen LogP contribution in [0.1, 0.15) is 16.8 Å². The number of halogens is 5. The minimum absolute atomic E-state index is 0. The lowest BCUT2D eigenvalue weighted by atomic mass is 10.1. The Morgan fingerprint density at radius 3 is 2.44 bits per heavy atom. The van der Waals surface area contributed by atoms with Gasteiger partial charge in [0.05, 0.1) is 22.5 Å². The molecule has 0 fully saturated rings. The lowest BCUT2D eigenvalue weighted by molar-refractivity contribution is -0.137. The van der Waals surface area contributed by atoms with Crippen LogP contribution in [0, 0.1) is 0 Å². The molecule has 0 saturated heterocycles. The van der Waals surface area contributed by atoms with Gasteiger partial charge in [-0.25, -0.2) is 0 Å². The molecular formula is C24H23Cl2F3N4O. The molecule has 0 bridgehead atoms. The fourth-order valence-corrected chi connectivity index (χ4v) is 4.43. The summed E-state index contributed by atoms with van der Waals surface area (Å²) in [6.07, 6.45) is -0.0927. The third-order valence-corrected chi connectivity index (χ3v) is 6.10. The van der Waals surface area contributed by atoms with Crippen molar-refractivity contribution in [1.29, 1.82) is 0 Å². The van der Waals surface area contributed by atoms with Crippen molar-refractivity contribution >= 4 is 35.7 Å². The zero-order valence-electron chi connectivity index (χ0n) is 18.2. The van der Waals surface area contributed by atoms with Gasteiger partial charge in [-0.2, -0.15) is 13.2 Å². The number of fused-ring (bicyclic) bond motifs is 3. The molecule has 5 nitrogen and oxygen atoms in total. The molecule has 4 heterocycles. The predicted molar refractivity (Wildman–Crippen MR) is 132 cm³/mol. The summed E-state index contributed by atoms with van der Waals surface area (Å²) in [5.74, 6) is 0. The van der Waals surface area contributed by atoms with E-state index >= 15 is 0 Å². The normalized spacial score (nSPS) is 13.5. The maximum Gasteiger partial charge on any atom is 0.417 e. The van der Waals surface area contributed by atoms with Crippen molar-refractivity contribution in [3.63, 3.8) is 0 Å². The largest absolute Gasteiger partial charge is 0.417 e. The average Bonchev–Trinajstić information content (AvgIpc) is 2.93. The molecule has 5 rings (SSSR count). The Labute approximate surface area is 206 Å². The molecule has 0 amide bonds. The van der Waals surface area contributed by atoms with Crippen LogP contribution in [-0.4, -0.2) is 27.2 Å². The molecule has 1 N–H and O–H groups in total. The van der Waals surface area contributed by atoms with Crippen LogP contribution in [0.2, 0.25) is 0 Å². The predicted octanol–water partition coefficient (Wildman–Crippen LogP) is 4.94. The minimum Gasteiger partial charge on any atom is -0.347 e. The monoisotopic (exact) mass is 510 g/mol. The average molecular weight is 511 g/mol. The summed E-state index contributed by atoms with van der Waals surface area (Å²) >= 11 is 0. The van der Waals surface area contributed by atoms with Gasteiger partial charge in [-0.1, -0.05) is 6.07 Å². The molecule has 0 spiro atoms. The van der Waals surface area contributed by atoms with Gasteiger partial charge < -0.3 is 9.88 Å². The molecular weight excluding hydrogens is 488 g/mol. The number of nitrogens with zero attached hydrogens (tertiary/aromatic N) is 3. The lowest BCUT2D eigenvalue weighted by Crippen LogP contribution is -2.17. The Morgan fingerprint density at radius 2 is 1.76 bits per heavy atom. The highest BCUT2D eigenvalue weighted by atomic mass is 35.5. The Bertz CT molecular complexity index is 1380. The number of hydrogen-bond donors (Lipinski definition) is 1. The van der Waals surface area contributed by atoms with Gasteiger partial charge in [0, 0.05) is 55.1 Å². The molecule has 0 unspecified atom stereocenters. The highest BCUT2D eigenvalue weighted by Gasteiger charge is 2.30. The number of aryl methyl sites for hydroxylation is 1. The Kier molecular flexibility index (Phi) is 7.45. The van der Waals surface area contributed by atoms with Crippen molar-refractivity contribution in [2.75, 3.05) is 13.1 Å². The van der Waals surface area contributed by atoms with Crippen LogP contribution in [0.5, 0.6) is 0 Å². The van der Waals surface area contributed by atoms with Crippen LogP contribution in [0.25, 0.3) is 27.8 Å². The van der Waals surface area contributed by atoms with Crippen molar-refractivity contribution in [3.8, 4) is 16.9 Å². The van der Waals surface area contributed by atoms with E-state index in [2.05, 4.69) is 28.0 Å². The summed E-state index contributed by atoms with van der Waals surface area (Å²) in [5.41, 5.74) is 4.19. The third kappa shape index (κ3) is 4.58. The molecule has 0 radical (unpaired) electrons. The van der Waals surface area contributed by atoms with E-state index in [1.165, 1.54) is 33.3 Å². The summed E-state index contributed by atoms with van der Waals surface area (Å²) in [6.45, 7) is 1.90. The number of nitrogens with one attached hydrogen (secondary N) is 1. The zero-order valence-corrected chi connectivity index (χ0v) is 19.9. The first-order valence-electron chi connectivity index (χ1n) is 10.4.